The van der Waals surface area contributed by atoms with Crippen LogP contribution in [0.1, 0.15) is 29.5 Å². The maximum atomic E-state index is 5.07. The van der Waals surface area contributed by atoms with Gasteiger partial charge in [0.2, 0.25) is 0 Å². The van der Waals surface area contributed by atoms with Gasteiger partial charge in [-0.2, -0.15) is 0 Å². The first-order chi connectivity index (χ1) is 8.65. The Balaban J connectivity index is 1.90. The summed E-state index contributed by atoms with van der Waals surface area (Å²) in [5.74, 6) is 0. The summed E-state index contributed by atoms with van der Waals surface area (Å²) < 4.78 is 5.07. The molecule has 0 heterocycles. The van der Waals surface area contributed by atoms with Gasteiger partial charge in [-0.15, -0.1) is 0 Å². The topological polar surface area (TPSA) is 21.3 Å². The molecule has 18 heavy (non-hydrogen) atoms. The van der Waals surface area contributed by atoms with E-state index in [4.69, 9.17) is 4.74 Å². The van der Waals surface area contributed by atoms with Crippen LogP contribution in [0.15, 0.2) is 18.2 Å². The first-order valence-corrected chi connectivity index (χ1v) is 6.91. The lowest BCUT2D eigenvalue weighted by Crippen LogP contribution is -2.28. The Morgan fingerprint density at radius 1 is 1.28 bits per heavy atom. The molecule has 0 radical (unpaired) electrons. The molecule has 0 bridgehead atoms. The molecule has 0 aromatic heterocycles. The molecule has 0 aliphatic heterocycles. The fraction of sp³-hybridized carbons (Fsp3) is 0.625. The summed E-state index contributed by atoms with van der Waals surface area (Å²) in [4.78, 5) is 0. The number of rotatable bonds is 7. The van der Waals surface area contributed by atoms with Gasteiger partial charge in [-0.05, 0) is 49.7 Å². The highest BCUT2D eigenvalue weighted by Gasteiger charge is 2.42. The van der Waals surface area contributed by atoms with E-state index in [9.17, 15) is 0 Å². The fourth-order valence-electron chi connectivity index (χ4n) is 2.52. The lowest BCUT2D eigenvalue weighted by molar-refractivity contribution is 0.197. The summed E-state index contributed by atoms with van der Waals surface area (Å²) in [6, 6.07) is 6.80. The Bertz CT molecular complexity index is 396. The Hall–Kier alpha value is -0.860. The second-order valence-electron chi connectivity index (χ2n) is 5.78. The largest absolute Gasteiger partial charge is 0.383 e. The molecule has 1 aliphatic carbocycles. The van der Waals surface area contributed by atoms with Crippen molar-refractivity contribution in [2.24, 2.45) is 5.41 Å². The normalized spacial score (nSPS) is 16.8. The van der Waals surface area contributed by atoms with E-state index < -0.39 is 0 Å². The highest BCUT2D eigenvalue weighted by Crippen LogP contribution is 2.48. The Kier molecular flexibility index (Phi) is 4.41. The van der Waals surface area contributed by atoms with Gasteiger partial charge in [0, 0.05) is 20.2 Å². The van der Waals surface area contributed by atoms with E-state index in [-0.39, 0.29) is 0 Å². The van der Waals surface area contributed by atoms with Crippen molar-refractivity contribution in [1.29, 1.82) is 0 Å². The molecule has 2 heteroatoms. The highest BCUT2D eigenvalue weighted by atomic mass is 16.5. The zero-order valence-electron chi connectivity index (χ0n) is 11.9. The Labute approximate surface area is 111 Å². The van der Waals surface area contributed by atoms with Crippen molar-refractivity contribution in [3.63, 3.8) is 0 Å². The summed E-state index contributed by atoms with van der Waals surface area (Å²) in [5, 5.41) is 3.52. The van der Waals surface area contributed by atoms with Crippen molar-refractivity contribution >= 4 is 0 Å². The zero-order chi connectivity index (χ0) is 13.0. The third-order valence-corrected chi connectivity index (χ3v) is 4.01. The molecule has 0 atom stereocenters. The van der Waals surface area contributed by atoms with Gasteiger partial charge in [-0.3, -0.25) is 0 Å². The van der Waals surface area contributed by atoms with Crippen molar-refractivity contribution in [2.75, 3.05) is 26.8 Å². The zero-order valence-corrected chi connectivity index (χ0v) is 11.9. The lowest BCUT2D eigenvalue weighted by Gasteiger charge is -2.18. The minimum Gasteiger partial charge on any atom is -0.383 e. The maximum Gasteiger partial charge on any atom is 0.0587 e. The Morgan fingerprint density at radius 3 is 2.72 bits per heavy atom. The first-order valence-electron chi connectivity index (χ1n) is 6.91. The third kappa shape index (κ3) is 3.56. The average molecular weight is 247 g/mol. The molecule has 1 aromatic carbocycles. The molecule has 1 fully saturated rings. The molecule has 0 unspecified atom stereocenters. The van der Waals surface area contributed by atoms with Crippen molar-refractivity contribution in [2.45, 2.75) is 33.1 Å². The van der Waals surface area contributed by atoms with Gasteiger partial charge in [-0.1, -0.05) is 23.8 Å². The van der Waals surface area contributed by atoms with Crippen LogP contribution in [0.3, 0.4) is 0 Å². The molecule has 0 amide bonds. The van der Waals surface area contributed by atoms with E-state index in [0.717, 1.165) is 19.7 Å². The fourth-order valence-corrected chi connectivity index (χ4v) is 2.52. The predicted octanol–water partition coefficient (Wildman–Crippen LogP) is 2.86. The van der Waals surface area contributed by atoms with Crippen molar-refractivity contribution in [1.82, 2.24) is 5.32 Å². The summed E-state index contributed by atoms with van der Waals surface area (Å²) in [6.07, 6.45) is 3.95. The van der Waals surface area contributed by atoms with Crippen LogP contribution in [-0.2, 0) is 11.2 Å². The predicted molar refractivity (Wildman–Crippen MR) is 76.0 cm³/mol. The van der Waals surface area contributed by atoms with Gasteiger partial charge < -0.3 is 10.1 Å². The molecule has 1 aliphatic rings. The first kappa shape index (κ1) is 13.6. The molecule has 0 saturated heterocycles. The van der Waals surface area contributed by atoms with E-state index in [0.29, 0.717) is 5.41 Å². The van der Waals surface area contributed by atoms with E-state index >= 15 is 0 Å². The summed E-state index contributed by atoms with van der Waals surface area (Å²) in [5.41, 5.74) is 4.86. The number of ether oxygens (including phenoxy) is 1. The second kappa shape index (κ2) is 5.85. The average Bonchev–Trinajstić information content (AvgIpc) is 3.10. The van der Waals surface area contributed by atoms with E-state index in [1.807, 2.05) is 0 Å². The molecule has 100 valence electrons. The quantitative estimate of drug-likeness (QED) is 0.748. The van der Waals surface area contributed by atoms with Gasteiger partial charge in [-0.25, -0.2) is 0 Å². The third-order valence-electron chi connectivity index (χ3n) is 4.01. The monoisotopic (exact) mass is 247 g/mol. The molecule has 2 nitrogen and oxygen atoms in total. The highest BCUT2D eigenvalue weighted by molar-refractivity contribution is 5.32. The van der Waals surface area contributed by atoms with Gasteiger partial charge in [0.1, 0.15) is 0 Å². The summed E-state index contributed by atoms with van der Waals surface area (Å²) in [6.45, 7) is 7.30. The number of methoxy groups -OCH3 is 1. The number of aryl methyl sites for hydroxylation is 2. The van der Waals surface area contributed by atoms with Crippen LogP contribution in [0.4, 0.5) is 0 Å². The van der Waals surface area contributed by atoms with Crippen molar-refractivity contribution < 1.29 is 4.74 Å². The van der Waals surface area contributed by atoms with Gasteiger partial charge in [0.15, 0.2) is 0 Å². The van der Waals surface area contributed by atoms with Gasteiger partial charge >= 0.3 is 0 Å². The van der Waals surface area contributed by atoms with Crippen molar-refractivity contribution in [3.8, 4) is 0 Å². The van der Waals surface area contributed by atoms with Crippen LogP contribution in [-0.4, -0.2) is 26.8 Å². The molecule has 1 aromatic rings. The molecule has 1 saturated carbocycles. The molecular formula is C16H25NO. The van der Waals surface area contributed by atoms with Crippen LogP contribution >= 0.6 is 0 Å². The minimum atomic E-state index is 0.520. The molecular weight excluding hydrogens is 222 g/mol. The standard InChI is InChI=1S/C16H25NO/c1-13-4-5-14(2)15(10-13)11-16(6-7-16)12-17-8-9-18-3/h4-5,10,17H,6-9,11-12H2,1-3H3. The maximum absolute atomic E-state index is 5.07. The molecule has 0 spiro atoms. The van der Waals surface area contributed by atoms with Crippen LogP contribution in [0.25, 0.3) is 0 Å². The molecule has 2 rings (SSSR count). The van der Waals surface area contributed by atoms with Crippen molar-refractivity contribution in [3.05, 3.63) is 34.9 Å². The number of hydrogen-bond donors (Lipinski definition) is 1. The van der Waals surface area contributed by atoms with E-state index in [1.54, 1.807) is 7.11 Å². The van der Waals surface area contributed by atoms with Crippen LogP contribution in [0.5, 0.6) is 0 Å². The number of nitrogens with one attached hydrogen (secondary N) is 1. The van der Waals surface area contributed by atoms with Gasteiger partial charge in [0.05, 0.1) is 6.61 Å². The summed E-state index contributed by atoms with van der Waals surface area (Å²) >= 11 is 0. The number of hydrogen-bond acceptors (Lipinski definition) is 2. The van der Waals surface area contributed by atoms with Gasteiger partial charge in [0.25, 0.3) is 0 Å². The van der Waals surface area contributed by atoms with Crippen LogP contribution in [0.2, 0.25) is 0 Å². The van der Waals surface area contributed by atoms with E-state index in [1.165, 1.54) is 36.0 Å². The SMILES string of the molecule is COCCNCC1(Cc2cc(C)ccc2C)CC1. The Morgan fingerprint density at radius 2 is 2.06 bits per heavy atom. The smallest absolute Gasteiger partial charge is 0.0587 e. The minimum absolute atomic E-state index is 0.520. The molecule has 1 N–H and O–H groups in total. The second-order valence-corrected chi connectivity index (χ2v) is 5.78. The lowest BCUT2D eigenvalue weighted by atomic mass is 9.92. The summed E-state index contributed by atoms with van der Waals surface area (Å²) in [7, 11) is 1.75. The number of benzene rings is 1. The van der Waals surface area contributed by atoms with Crippen LogP contribution in [0, 0.1) is 19.3 Å². The van der Waals surface area contributed by atoms with Crippen LogP contribution < -0.4 is 5.32 Å². The van der Waals surface area contributed by atoms with E-state index in [2.05, 4.69) is 37.4 Å².